The highest BCUT2D eigenvalue weighted by Gasteiger charge is 2.30. The summed E-state index contributed by atoms with van der Waals surface area (Å²) >= 11 is 0. The van der Waals surface area contributed by atoms with E-state index in [2.05, 4.69) is 19.2 Å². The predicted molar refractivity (Wildman–Crippen MR) is 107 cm³/mol. The normalized spacial score (nSPS) is 13.0. The summed E-state index contributed by atoms with van der Waals surface area (Å²) in [5, 5.41) is 2.90. The smallest absolute Gasteiger partial charge is 0.251 e. The summed E-state index contributed by atoms with van der Waals surface area (Å²) in [6.07, 6.45) is 5.71. The van der Waals surface area contributed by atoms with Crippen molar-refractivity contribution in [2.45, 2.75) is 45.6 Å². The van der Waals surface area contributed by atoms with Crippen LogP contribution >= 0.6 is 0 Å². The third-order valence-corrected chi connectivity index (χ3v) is 4.79. The van der Waals surface area contributed by atoms with Crippen LogP contribution in [0, 0.1) is 5.92 Å². The van der Waals surface area contributed by atoms with Crippen LogP contribution in [-0.4, -0.2) is 22.8 Å². The van der Waals surface area contributed by atoms with Gasteiger partial charge in [0.15, 0.2) is 11.8 Å². The van der Waals surface area contributed by atoms with Crippen LogP contribution in [0.1, 0.15) is 55.9 Å². The predicted octanol–water partition coefficient (Wildman–Crippen LogP) is 3.60. The van der Waals surface area contributed by atoms with Gasteiger partial charge in [0, 0.05) is 24.4 Å². The summed E-state index contributed by atoms with van der Waals surface area (Å²) in [6.45, 7) is 4.75. The van der Waals surface area contributed by atoms with E-state index in [1.54, 1.807) is 42.5 Å². The summed E-state index contributed by atoms with van der Waals surface area (Å²) in [6, 6.07) is 12.0. The zero-order chi connectivity index (χ0) is 19.6. The number of nitrogens with zero attached hydrogens (tertiary/aromatic N) is 1. The second-order valence-electron chi connectivity index (χ2n) is 6.74. The molecule has 0 radical (unpaired) electrons. The Morgan fingerprint density at radius 2 is 1.74 bits per heavy atom. The summed E-state index contributed by atoms with van der Waals surface area (Å²) < 4.78 is 1.21. The first kappa shape index (κ1) is 20.6. The van der Waals surface area contributed by atoms with Crippen molar-refractivity contribution in [3.05, 3.63) is 70.6 Å². The molecule has 0 fully saturated rings. The quantitative estimate of drug-likeness (QED) is 0.515. The third-order valence-electron chi connectivity index (χ3n) is 4.79. The molecule has 2 aromatic rings. The molecule has 2 atom stereocenters. The molecule has 5 heteroatoms. The maximum atomic E-state index is 13.0. The van der Waals surface area contributed by atoms with Gasteiger partial charge in [0.05, 0.1) is 0 Å². The number of benzene rings is 1. The second-order valence-corrected chi connectivity index (χ2v) is 6.74. The van der Waals surface area contributed by atoms with Gasteiger partial charge in [0.1, 0.15) is 0 Å². The van der Waals surface area contributed by atoms with E-state index in [-0.39, 0.29) is 11.3 Å². The Bertz CT molecular complexity index is 798. The Morgan fingerprint density at radius 3 is 2.37 bits per heavy atom. The van der Waals surface area contributed by atoms with Crippen LogP contribution in [-0.2, 0) is 4.79 Å². The van der Waals surface area contributed by atoms with Crippen LogP contribution in [0.2, 0.25) is 0 Å². The number of hydrogen-bond donors (Lipinski definition) is 1. The van der Waals surface area contributed by atoms with Gasteiger partial charge < -0.3 is 5.32 Å². The molecule has 5 nitrogen and oxygen atoms in total. The Labute approximate surface area is 160 Å². The van der Waals surface area contributed by atoms with Crippen molar-refractivity contribution >= 4 is 11.7 Å². The lowest BCUT2D eigenvalue weighted by Gasteiger charge is -2.21. The van der Waals surface area contributed by atoms with E-state index in [0.717, 1.165) is 25.7 Å². The maximum absolute atomic E-state index is 13.0. The molecule has 0 aliphatic carbocycles. The van der Waals surface area contributed by atoms with Crippen LogP contribution in [0.5, 0.6) is 0 Å². The van der Waals surface area contributed by atoms with Crippen LogP contribution in [0.15, 0.2) is 59.5 Å². The Hall–Kier alpha value is -2.69. The number of nitrogens with one attached hydrogen (secondary N) is 1. The highest BCUT2D eigenvalue weighted by molar-refractivity contribution is 6.11. The Balaban J connectivity index is 2.24. The zero-order valence-electron chi connectivity index (χ0n) is 16.1. The monoisotopic (exact) mass is 368 g/mol. The van der Waals surface area contributed by atoms with E-state index in [4.69, 9.17) is 0 Å². The molecule has 1 amide bonds. The number of amides is 1. The van der Waals surface area contributed by atoms with Gasteiger partial charge in [-0.15, -0.1) is 0 Å². The fourth-order valence-corrected chi connectivity index (χ4v) is 3.07. The number of Topliss-reactive ketones (excluding diaryl/α,β-unsaturated/α-hetero) is 1. The van der Waals surface area contributed by atoms with E-state index < -0.39 is 11.9 Å². The fraction of sp³-hybridized carbons (Fsp3) is 0.409. The zero-order valence-corrected chi connectivity index (χ0v) is 16.1. The van der Waals surface area contributed by atoms with Crippen molar-refractivity contribution in [2.75, 3.05) is 6.54 Å². The molecule has 0 unspecified atom stereocenters. The molecule has 0 saturated heterocycles. The van der Waals surface area contributed by atoms with Gasteiger partial charge in [-0.1, -0.05) is 69.5 Å². The van der Waals surface area contributed by atoms with E-state index in [1.165, 1.54) is 16.8 Å². The van der Waals surface area contributed by atoms with E-state index in [9.17, 15) is 14.4 Å². The molecule has 2 rings (SSSR count). The molecule has 0 aliphatic heterocycles. The van der Waals surface area contributed by atoms with Gasteiger partial charge in [-0.3, -0.25) is 19.0 Å². The molecule has 1 heterocycles. The molecule has 27 heavy (non-hydrogen) atoms. The summed E-state index contributed by atoms with van der Waals surface area (Å²) in [5.41, 5.74) is 0.0337. The fourth-order valence-electron chi connectivity index (χ4n) is 3.07. The number of carbonyl (C=O) groups is 2. The summed E-state index contributed by atoms with van der Waals surface area (Å²) in [7, 11) is 0. The van der Waals surface area contributed by atoms with Gasteiger partial charge in [-0.25, -0.2) is 0 Å². The van der Waals surface area contributed by atoms with Gasteiger partial charge >= 0.3 is 0 Å². The first-order valence-corrected chi connectivity index (χ1v) is 9.62. The molecule has 1 N–H and O–H groups in total. The van der Waals surface area contributed by atoms with Gasteiger partial charge in [0.25, 0.3) is 11.5 Å². The van der Waals surface area contributed by atoms with E-state index >= 15 is 0 Å². The minimum Gasteiger partial charge on any atom is -0.354 e. The van der Waals surface area contributed by atoms with E-state index in [1.807, 2.05) is 0 Å². The molecule has 0 aliphatic rings. The first-order chi connectivity index (χ1) is 13.1. The van der Waals surface area contributed by atoms with Crippen molar-refractivity contribution in [3.63, 3.8) is 0 Å². The molecule has 0 saturated carbocycles. The number of unbranched alkanes of at least 4 members (excludes halogenated alkanes) is 1. The molecule has 1 aromatic carbocycles. The summed E-state index contributed by atoms with van der Waals surface area (Å²) in [4.78, 5) is 38.2. The van der Waals surface area contributed by atoms with Gasteiger partial charge in [-0.2, -0.15) is 0 Å². The lowest BCUT2D eigenvalue weighted by molar-refractivity contribution is -0.123. The number of hydrogen-bond acceptors (Lipinski definition) is 3. The number of pyridine rings is 1. The van der Waals surface area contributed by atoms with Crippen LogP contribution in [0.3, 0.4) is 0 Å². The van der Waals surface area contributed by atoms with Crippen molar-refractivity contribution in [1.82, 2.24) is 9.88 Å². The van der Waals surface area contributed by atoms with Gasteiger partial charge in [-0.05, 0) is 18.4 Å². The largest absolute Gasteiger partial charge is 0.354 e. The molecule has 0 spiro atoms. The minimum atomic E-state index is -1.20. The Kier molecular flexibility index (Phi) is 7.99. The number of aromatic nitrogens is 1. The van der Waals surface area contributed by atoms with Crippen molar-refractivity contribution in [3.8, 4) is 0 Å². The van der Waals surface area contributed by atoms with Crippen molar-refractivity contribution in [1.29, 1.82) is 0 Å². The van der Waals surface area contributed by atoms with Crippen LogP contribution < -0.4 is 10.9 Å². The van der Waals surface area contributed by atoms with Gasteiger partial charge in [0.2, 0.25) is 0 Å². The lowest BCUT2D eigenvalue weighted by Crippen LogP contribution is -2.42. The number of rotatable bonds is 10. The molecule has 144 valence electrons. The van der Waals surface area contributed by atoms with Crippen LogP contribution in [0.4, 0.5) is 0 Å². The lowest BCUT2D eigenvalue weighted by atomic mass is 9.98. The number of ketones is 1. The van der Waals surface area contributed by atoms with Crippen molar-refractivity contribution < 1.29 is 9.59 Å². The SMILES string of the molecule is CCCC[C@H](CC)CNC(=O)[C@H](C(=O)c1ccccc1)n1ccccc1=O. The highest BCUT2D eigenvalue weighted by Crippen LogP contribution is 2.15. The maximum Gasteiger partial charge on any atom is 0.251 e. The average molecular weight is 368 g/mol. The molecule has 1 aromatic heterocycles. The third kappa shape index (κ3) is 5.64. The van der Waals surface area contributed by atoms with Crippen LogP contribution in [0.25, 0.3) is 0 Å². The Morgan fingerprint density at radius 1 is 1.04 bits per heavy atom. The van der Waals surface area contributed by atoms with E-state index in [0.29, 0.717) is 18.0 Å². The topological polar surface area (TPSA) is 68.2 Å². The summed E-state index contributed by atoms with van der Waals surface area (Å²) in [5.74, 6) is -0.455. The van der Waals surface area contributed by atoms with Crippen molar-refractivity contribution in [2.24, 2.45) is 5.92 Å². The highest BCUT2D eigenvalue weighted by atomic mass is 16.2. The molecular weight excluding hydrogens is 340 g/mol. The first-order valence-electron chi connectivity index (χ1n) is 9.62. The average Bonchev–Trinajstić information content (AvgIpc) is 2.70. The number of carbonyl (C=O) groups excluding carboxylic acids is 2. The molecule has 0 bridgehead atoms. The minimum absolute atomic E-state index is 0.369. The standard InChI is InChI=1S/C22H28N2O3/c1-3-5-11-17(4-2)16-23-22(27)20(24-15-10-9-14-19(24)25)21(26)18-12-7-6-8-13-18/h6-10,12-15,17,20H,3-5,11,16H2,1-2H3,(H,23,27)/t17-,20-/m0/s1. The second kappa shape index (κ2) is 10.5. The molecular formula is C22H28N2O3.